The molecule has 1 aromatic rings. The number of methoxy groups -OCH3 is 1. The second-order valence-electron chi connectivity index (χ2n) is 4.93. The Morgan fingerprint density at radius 3 is 2.76 bits per heavy atom. The number of hydrogen-bond donors (Lipinski definition) is 1. The second-order valence-corrected chi connectivity index (χ2v) is 4.93. The van der Waals surface area contributed by atoms with Crippen LogP contribution in [-0.4, -0.2) is 34.2 Å². The maximum atomic E-state index is 5.72. The molecule has 0 aliphatic heterocycles. The van der Waals surface area contributed by atoms with Crippen LogP contribution in [-0.2, 0) is 18.3 Å². The molecule has 1 aliphatic carbocycles. The Kier molecular flexibility index (Phi) is 4.12. The minimum absolute atomic E-state index is 0.0421. The van der Waals surface area contributed by atoms with Crippen molar-refractivity contribution >= 4 is 0 Å². The van der Waals surface area contributed by atoms with E-state index < -0.39 is 0 Å². The monoisotopic (exact) mass is 238 g/mol. The molecule has 1 aliphatic rings. The van der Waals surface area contributed by atoms with Crippen molar-refractivity contribution in [1.82, 2.24) is 20.3 Å². The summed E-state index contributed by atoms with van der Waals surface area (Å²) in [5.74, 6) is 0. The van der Waals surface area contributed by atoms with E-state index in [9.17, 15) is 0 Å². The molecule has 1 heterocycles. The summed E-state index contributed by atoms with van der Waals surface area (Å²) < 4.78 is 7.44. The van der Waals surface area contributed by atoms with E-state index in [4.69, 9.17) is 4.74 Å². The number of nitrogens with zero attached hydrogens (tertiary/aromatic N) is 3. The number of nitrogens with one attached hydrogen (secondary N) is 1. The fourth-order valence-electron chi connectivity index (χ4n) is 2.54. The van der Waals surface area contributed by atoms with Crippen LogP contribution in [0.1, 0.15) is 37.8 Å². The van der Waals surface area contributed by atoms with Gasteiger partial charge < -0.3 is 10.1 Å². The van der Waals surface area contributed by atoms with Gasteiger partial charge in [-0.1, -0.05) is 24.5 Å². The molecule has 1 saturated carbocycles. The lowest BCUT2D eigenvalue weighted by molar-refractivity contribution is -0.0378. The molecule has 17 heavy (non-hydrogen) atoms. The summed E-state index contributed by atoms with van der Waals surface area (Å²) >= 11 is 0. The molecular weight excluding hydrogens is 216 g/mol. The maximum absolute atomic E-state index is 5.72. The third-order valence-electron chi connectivity index (χ3n) is 3.60. The van der Waals surface area contributed by atoms with Gasteiger partial charge in [0.05, 0.1) is 11.3 Å². The van der Waals surface area contributed by atoms with Gasteiger partial charge in [0, 0.05) is 33.4 Å². The van der Waals surface area contributed by atoms with Gasteiger partial charge in [-0.25, -0.2) is 0 Å². The van der Waals surface area contributed by atoms with Crippen LogP contribution in [0.5, 0.6) is 0 Å². The summed E-state index contributed by atoms with van der Waals surface area (Å²) in [5.41, 5.74) is 1.02. The van der Waals surface area contributed by atoms with E-state index in [2.05, 4.69) is 15.6 Å². The molecule has 5 heteroatoms. The number of rotatable bonds is 5. The Hall–Kier alpha value is -0.940. The summed E-state index contributed by atoms with van der Waals surface area (Å²) in [4.78, 5) is 0. The highest BCUT2D eigenvalue weighted by Gasteiger charge is 2.31. The molecular formula is C12H22N4O. The first kappa shape index (κ1) is 12.5. The lowest BCUT2D eigenvalue weighted by Gasteiger charge is -2.36. The minimum atomic E-state index is 0.0421. The number of aromatic nitrogens is 3. The fraction of sp³-hybridized carbons (Fsp3) is 0.833. The fourth-order valence-corrected chi connectivity index (χ4v) is 2.54. The van der Waals surface area contributed by atoms with Crippen molar-refractivity contribution in [2.24, 2.45) is 7.05 Å². The first-order valence-electron chi connectivity index (χ1n) is 6.35. The van der Waals surface area contributed by atoms with Gasteiger partial charge in [-0.15, -0.1) is 5.10 Å². The van der Waals surface area contributed by atoms with Crippen molar-refractivity contribution < 1.29 is 4.74 Å². The van der Waals surface area contributed by atoms with Gasteiger partial charge in [0.25, 0.3) is 0 Å². The lowest BCUT2D eigenvalue weighted by atomic mass is 9.84. The van der Waals surface area contributed by atoms with Gasteiger partial charge in [0.2, 0.25) is 0 Å². The summed E-state index contributed by atoms with van der Waals surface area (Å²) in [5, 5.41) is 11.4. The van der Waals surface area contributed by atoms with Crippen LogP contribution in [0, 0.1) is 0 Å². The largest absolute Gasteiger partial charge is 0.377 e. The zero-order chi connectivity index (χ0) is 12.1. The first-order valence-corrected chi connectivity index (χ1v) is 6.35. The summed E-state index contributed by atoms with van der Waals surface area (Å²) in [6, 6.07) is 0. The Labute approximate surface area is 103 Å². The van der Waals surface area contributed by atoms with Crippen LogP contribution < -0.4 is 5.32 Å². The Morgan fingerprint density at radius 1 is 1.41 bits per heavy atom. The van der Waals surface area contributed by atoms with Gasteiger partial charge in [-0.3, -0.25) is 4.68 Å². The zero-order valence-corrected chi connectivity index (χ0v) is 10.8. The summed E-state index contributed by atoms with van der Waals surface area (Å²) in [6.07, 6.45) is 8.16. The molecule has 2 rings (SSSR count). The topological polar surface area (TPSA) is 52.0 Å². The first-order chi connectivity index (χ1) is 8.24. The van der Waals surface area contributed by atoms with E-state index in [1.54, 1.807) is 4.68 Å². The van der Waals surface area contributed by atoms with Gasteiger partial charge in [0.1, 0.15) is 0 Å². The van der Waals surface area contributed by atoms with Crippen LogP contribution in [0.4, 0.5) is 0 Å². The highest BCUT2D eigenvalue weighted by Crippen LogP contribution is 2.30. The summed E-state index contributed by atoms with van der Waals surface area (Å²) in [7, 11) is 3.71. The Bertz CT molecular complexity index is 344. The predicted molar refractivity (Wildman–Crippen MR) is 65.5 cm³/mol. The van der Waals surface area contributed by atoms with E-state index in [1.165, 1.54) is 19.3 Å². The Morgan fingerprint density at radius 2 is 2.18 bits per heavy atom. The molecule has 0 radical (unpaired) electrons. The molecule has 1 aromatic heterocycles. The standard InChI is InChI=1S/C12H22N4O/c1-16-9-11(14-15-16)8-13-10-12(17-2)6-4-3-5-7-12/h9,13H,3-8,10H2,1-2H3. The Balaban J connectivity index is 1.79. The van der Waals surface area contributed by atoms with E-state index in [1.807, 2.05) is 20.4 Å². The van der Waals surface area contributed by atoms with Crippen LogP contribution in [0.3, 0.4) is 0 Å². The van der Waals surface area contributed by atoms with E-state index >= 15 is 0 Å². The molecule has 0 amide bonds. The molecule has 5 nitrogen and oxygen atoms in total. The average Bonchev–Trinajstić information content (AvgIpc) is 2.76. The highest BCUT2D eigenvalue weighted by molar-refractivity contribution is 4.93. The van der Waals surface area contributed by atoms with Crippen molar-refractivity contribution in [3.05, 3.63) is 11.9 Å². The van der Waals surface area contributed by atoms with Gasteiger partial charge >= 0.3 is 0 Å². The zero-order valence-electron chi connectivity index (χ0n) is 10.8. The smallest absolute Gasteiger partial charge is 0.0964 e. The normalized spacial score (nSPS) is 19.4. The highest BCUT2D eigenvalue weighted by atomic mass is 16.5. The molecule has 0 bridgehead atoms. The van der Waals surface area contributed by atoms with Gasteiger partial charge in [-0.05, 0) is 12.8 Å². The van der Waals surface area contributed by atoms with Gasteiger partial charge in [-0.2, -0.15) is 0 Å². The third kappa shape index (κ3) is 3.26. The predicted octanol–water partition coefficient (Wildman–Crippen LogP) is 1.25. The molecule has 96 valence electrons. The van der Waals surface area contributed by atoms with Crippen LogP contribution in [0.15, 0.2) is 6.20 Å². The average molecular weight is 238 g/mol. The molecule has 0 aromatic carbocycles. The van der Waals surface area contributed by atoms with Crippen molar-refractivity contribution in [1.29, 1.82) is 0 Å². The van der Waals surface area contributed by atoms with E-state index in [0.717, 1.165) is 31.6 Å². The third-order valence-corrected chi connectivity index (χ3v) is 3.60. The van der Waals surface area contributed by atoms with Crippen molar-refractivity contribution in [2.45, 2.75) is 44.2 Å². The number of aryl methyl sites for hydroxylation is 1. The molecule has 0 saturated heterocycles. The SMILES string of the molecule is COC1(CNCc2cn(C)nn2)CCCCC1. The molecule has 0 atom stereocenters. The van der Waals surface area contributed by atoms with Crippen molar-refractivity contribution in [2.75, 3.05) is 13.7 Å². The molecule has 1 fully saturated rings. The number of ether oxygens (including phenoxy) is 1. The van der Waals surface area contributed by atoms with Crippen molar-refractivity contribution in [3.63, 3.8) is 0 Å². The van der Waals surface area contributed by atoms with E-state index in [-0.39, 0.29) is 5.60 Å². The molecule has 0 spiro atoms. The van der Waals surface area contributed by atoms with Crippen LogP contribution in [0.2, 0.25) is 0 Å². The van der Waals surface area contributed by atoms with Crippen LogP contribution in [0.25, 0.3) is 0 Å². The van der Waals surface area contributed by atoms with Crippen molar-refractivity contribution in [3.8, 4) is 0 Å². The second kappa shape index (κ2) is 5.60. The maximum Gasteiger partial charge on any atom is 0.0964 e. The quantitative estimate of drug-likeness (QED) is 0.839. The van der Waals surface area contributed by atoms with Gasteiger partial charge in [0.15, 0.2) is 0 Å². The number of hydrogen-bond acceptors (Lipinski definition) is 4. The van der Waals surface area contributed by atoms with E-state index in [0.29, 0.717) is 0 Å². The molecule has 1 N–H and O–H groups in total. The molecule has 0 unspecified atom stereocenters. The summed E-state index contributed by atoms with van der Waals surface area (Å²) in [6.45, 7) is 1.67. The van der Waals surface area contributed by atoms with Crippen LogP contribution >= 0.6 is 0 Å². The minimum Gasteiger partial charge on any atom is -0.377 e. The lowest BCUT2D eigenvalue weighted by Crippen LogP contribution is -2.43.